The van der Waals surface area contributed by atoms with Crippen LogP contribution in [-0.2, 0) is 6.54 Å². The Morgan fingerprint density at radius 1 is 1.19 bits per heavy atom. The molecule has 0 aliphatic carbocycles. The zero-order valence-corrected chi connectivity index (χ0v) is 14.9. The van der Waals surface area contributed by atoms with E-state index in [0.29, 0.717) is 16.9 Å². The number of halogens is 3. The third-order valence-electron chi connectivity index (χ3n) is 4.35. The molecule has 0 bridgehead atoms. The van der Waals surface area contributed by atoms with Crippen LogP contribution in [0.25, 0.3) is 0 Å². The Kier molecular flexibility index (Phi) is 5.53. The molecule has 2 aromatic rings. The van der Waals surface area contributed by atoms with E-state index in [-0.39, 0.29) is 18.2 Å². The molecule has 0 atom stereocenters. The number of ether oxygens (including phenoxy) is 1. The Labute approximate surface area is 155 Å². The van der Waals surface area contributed by atoms with E-state index >= 15 is 0 Å². The maximum Gasteiger partial charge on any atom is 0.573 e. The van der Waals surface area contributed by atoms with Gasteiger partial charge in [-0.05, 0) is 42.7 Å². The number of pyridine rings is 1. The van der Waals surface area contributed by atoms with Crippen LogP contribution in [0.15, 0.2) is 42.6 Å². The molecule has 144 valence electrons. The molecule has 0 N–H and O–H groups in total. The molecule has 1 aromatic heterocycles. The van der Waals surface area contributed by atoms with Gasteiger partial charge in [-0.2, -0.15) is 0 Å². The monoisotopic (exact) mass is 379 g/mol. The van der Waals surface area contributed by atoms with E-state index in [1.165, 1.54) is 29.2 Å². The largest absolute Gasteiger partial charge is 0.573 e. The summed E-state index contributed by atoms with van der Waals surface area (Å²) in [6, 6.07) is 8.97. The molecule has 3 rings (SSSR count). The van der Waals surface area contributed by atoms with Crippen molar-refractivity contribution in [3.05, 3.63) is 53.7 Å². The lowest BCUT2D eigenvalue weighted by Crippen LogP contribution is -2.29. The third-order valence-corrected chi connectivity index (χ3v) is 4.35. The van der Waals surface area contributed by atoms with Crippen molar-refractivity contribution in [2.75, 3.05) is 25.0 Å². The molecule has 0 radical (unpaired) electrons. The van der Waals surface area contributed by atoms with Crippen molar-refractivity contribution in [3.8, 4) is 5.75 Å². The Hall–Kier alpha value is -2.77. The number of benzene rings is 1. The SMILES string of the molecule is CN(Cc1ccc(OC(F)(F)F)cc1)C(=O)c1cccnc1N1CCCC1. The summed E-state index contributed by atoms with van der Waals surface area (Å²) in [6.07, 6.45) is -0.900. The molecule has 0 saturated carbocycles. The lowest BCUT2D eigenvalue weighted by atomic mass is 10.1. The predicted octanol–water partition coefficient (Wildman–Crippen LogP) is 3.85. The van der Waals surface area contributed by atoms with Crippen LogP contribution in [0.3, 0.4) is 0 Å². The average Bonchev–Trinajstić information content (AvgIpc) is 3.16. The van der Waals surface area contributed by atoms with Gasteiger partial charge in [0.05, 0.1) is 5.56 Å². The van der Waals surface area contributed by atoms with Gasteiger partial charge in [-0.3, -0.25) is 4.79 Å². The minimum Gasteiger partial charge on any atom is -0.406 e. The first-order valence-corrected chi connectivity index (χ1v) is 8.63. The summed E-state index contributed by atoms with van der Waals surface area (Å²) in [7, 11) is 1.66. The number of alkyl halides is 3. The van der Waals surface area contributed by atoms with E-state index in [0.717, 1.165) is 25.9 Å². The van der Waals surface area contributed by atoms with Crippen molar-refractivity contribution < 1.29 is 22.7 Å². The van der Waals surface area contributed by atoms with Crippen molar-refractivity contribution in [2.24, 2.45) is 0 Å². The van der Waals surface area contributed by atoms with E-state index in [4.69, 9.17) is 0 Å². The Morgan fingerprint density at radius 2 is 1.85 bits per heavy atom. The lowest BCUT2D eigenvalue weighted by molar-refractivity contribution is -0.274. The molecule has 1 saturated heterocycles. The molecule has 1 aliphatic heterocycles. The van der Waals surface area contributed by atoms with Crippen LogP contribution < -0.4 is 9.64 Å². The molecular formula is C19H20F3N3O2. The average molecular weight is 379 g/mol. The van der Waals surface area contributed by atoms with E-state index in [2.05, 4.69) is 14.6 Å². The number of hydrogen-bond donors (Lipinski definition) is 0. The predicted molar refractivity (Wildman–Crippen MR) is 94.6 cm³/mol. The van der Waals surface area contributed by atoms with Crippen LogP contribution in [0, 0.1) is 0 Å². The Balaban J connectivity index is 1.69. The third kappa shape index (κ3) is 4.90. The normalized spacial score (nSPS) is 14.3. The fourth-order valence-electron chi connectivity index (χ4n) is 3.09. The summed E-state index contributed by atoms with van der Waals surface area (Å²) in [4.78, 5) is 20.9. The van der Waals surface area contributed by atoms with Gasteiger partial charge in [-0.15, -0.1) is 13.2 Å². The summed E-state index contributed by atoms with van der Waals surface area (Å²) >= 11 is 0. The van der Waals surface area contributed by atoms with Gasteiger partial charge in [0.25, 0.3) is 5.91 Å². The second-order valence-corrected chi connectivity index (χ2v) is 6.42. The van der Waals surface area contributed by atoms with Crippen LogP contribution in [0.2, 0.25) is 0 Å². The number of amides is 1. The zero-order chi connectivity index (χ0) is 19.4. The number of rotatable bonds is 5. The topological polar surface area (TPSA) is 45.7 Å². The number of aromatic nitrogens is 1. The molecule has 1 fully saturated rings. The molecule has 27 heavy (non-hydrogen) atoms. The molecule has 1 aromatic carbocycles. The van der Waals surface area contributed by atoms with Gasteiger partial charge in [0.15, 0.2) is 0 Å². The first-order valence-electron chi connectivity index (χ1n) is 8.63. The van der Waals surface area contributed by atoms with E-state index < -0.39 is 6.36 Å². The summed E-state index contributed by atoms with van der Waals surface area (Å²) in [6.45, 7) is 2.02. The van der Waals surface area contributed by atoms with Gasteiger partial charge in [0.2, 0.25) is 0 Å². The van der Waals surface area contributed by atoms with Gasteiger partial charge < -0.3 is 14.5 Å². The molecule has 5 nitrogen and oxygen atoms in total. The van der Waals surface area contributed by atoms with Gasteiger partial charge in [0.1, 0.15) is 11.6 Å². The van der Waals surface area contributed by atoms with Crippen LogP contribution in [0.1, 0.15) is 28.8 Å². The highest BCUT2D eigenvalue weighted by molar-refractivity contribution is 5.98. The lowest BCUT2D eigenvalue weighted by Gasteiger charge is -2.23. The first kappa shape index (κ1) is 19.0. The van der Waals surface area contributed by atoms with Gasteiger partial charge in [0, 0.05) is 32.9 Å². The standard InChI is InChI=1S/C19H20F3N3O2/c1-24(13-14-6-8-15(9-7-14)27-19(20,21)22)18(26)16-5-4-10-23-17(16)25-11-2-3-12-25/h4-10H,2-3,11-13H2,1H3. The van der Waals surface area contributed by atoms with Crippen LogP contribution >= 0.6 is 0 Å². The Bertz CT molecular complexity index is 788. The molecule has 2 heterocycles. The van der Waals surface area contributed by atoms with Crippen LogP contribution in [0.4, 0.5) is 19.0 Å². The van der Waals surface area contributed by atoms with E-state index in [9.17, 15) is 18.0 Å². The number of nitrogens with zero attached hydrogens (tertiary/aromatic N) is 3. The molecule has 0 unspecified atom stereocenters. The molecule has 1 amide bonds. The first-order chi connectivity index (χ1) is 12.8. The van der Waals surface area contributed by atoms with Gasteiger partial charge >= 0.3 is 6.36 Å². The number of carbonyl (C=O) groups is 1. The minimum absolute atomic E-state index is 0.180. The van der Waals surface area contributed by atoms with Crippen molar-refractivity contribution in [1.29, 1.82) is 0 Å². The summed E-state index contributed by atoms with van der Waals surface area (Å²) in [5, 5.41) is 0. The van der Waals surface area contributed by atoms with Crippen molar-refractivity contribution in [1.82, 2.24) is 9.88 Å². The summed E-state index contributed by atoms with van der Waals surface area (Å²) < 4.78 is 40.5. The van der Waals surface area contributed by atoms with Crippen LogP contribution in [-0.4, -0.2) is 42.3 Å². The Morgan fingerprint density at radius 3 is 2.48 bits per heavy atom. The quantitative estimate of drug-likeness (QED) is 0.792. The highest BCUT2D eigenvalue weighted by atomic mass is 19.4. The number of hydrogen-bond acceptors (Lipinski definition) is 4. The maximum absolute atomic E-state index is 12.9. The van der Waals surface area contributed by atoms with E-state index in [1.54, 1.807) is 25.4 Å². The van der Waals surface area contributed by atoms with Crippen molar-refractivity contribution in [3.63, 3.8) is 0 Å². The smallest absolute Gasteiger partial charge is 0.406 e. The highest BCUT2D eigenvalue weighted by Crippen LogP contribution is 2.25. The fraction of sp³-hybridized carbons (Fsp3) is 0.368. The zero-order valence-electron chi connectivity index (χ0n) is 14.9. The molecule has 0 spiro atoms. The van der Waals surface area contributed by atoms with Gasteiger partial charge in [-0.1, -0.05) is 12.1 Å². The van der Waals surface area contributed by atoms with Crippen molar-refractivity contribution >= 4 is 11.7 Å². The van der Waals surface area contributed by atoms with Crippen molar-refractivity contribution in [2.45, 2.75) is 25.7 Å². The molecule has 1 aliphatic rings. The summed E-state index contributed by atoms with van der Waals surface area (Å²) in [5.41, 5.74) is 1.23. The number of anilines is 1. The second-order valence-electron chi connectivity index (χ2n) is 6.42. The van der Waals surface area contributed by atoms with Crippen LogP contribution in [0.5, 0.6) is 5.75 Å². The fourth-order valence-corrected chi connectivity index (χ4v) is 3.09. The molecule has 8 heteroatoms. The highest BCUT2D eigenvalue weighted by Gasteiger charge is 2.31. The minimum atomic E-state index is -4.72. The number of carbonyl (C=O) groups excluding carboxylic acids is 1. The summed E-state index contributed by atoms with van der Waals surface area (Å²) in [5.74, 6) is 0.213. The van der Waals surface area contributed by atoms with Gasteiger partial charge in [-0.25, -0.2) is 4.98 Å². The van der Waals surface area contributed by atoms with E-state index in [1.807, 2.05) is 0 Å². The second kappa shape index (κ2) is 7.85. The molecular weight excluding hydrogens is 359 g/mol. The maximum atomic E-state index is 12.9.